The lowest BCUT2D eigenvalue weighted by atomic mass is 10.1. The Morgan fingerprint density at radius 1 is 1.03 bits per heavy atom. The van der Waals surface area contributed by atoms with E-state index >= 15 is 0 Å². The number of fused-ring (bicyclic) bond motifs is 1. The zero-order valence-corrected chi connectivity index (χ0v) is 20.1. The summed E-state index contributed by atoms with van der Waals surface area (Å²) in [5, 5.41) is 10.0. The predicted molar refractivity (Wildman–Crippen MR) is 135 cm³/mol. The molecule has 0 bridgehead atoms. The Hall–Kier alpha value is -4.40. The molecule has 0 fully saturated rings. The van der Waals surface area contributed by atoms with Crippen LogP contribution in [0.4, 0.5) is 11.4 Å². The van der Waals surface area contributed by atoms with Gasteiger partial charge in [0.15, 0.2) is 0 Å². The molecule has 4 aromatic rings. The Morgan fingerprint density at radius 3 is 2.37 bits per heavy atom. The zero-order chi connectivity index (χ0) is 25.1. The molecule has 0 saturated carbocycles. The molecule has 0 aliphatic rings. The SMILES string of the molecule is COc1cccc(-c2cc3n(C)c(C)c(CCC(=O)Nc4ccc(NC(C)=O)cc4)c(=O)n3n2)c1. The van der Waals surface area contributed by atoms with Crippen molar-refractivity contribution in [3.63, 3.8) is 0 Å². The van der Waals surface area contributed by atoms with E-state index in [1.807, 2.05) is 48.9 Å². The molecule has 0 atom stereocenters. The first-order chi connectivity index (χ1) is 16.8. The number of carbonyl (C=O) groups excluding carboxylic acids is 2. The van der Waals surface area contributed by atoms with Crippen molar-refractivity contribution in [3.05, 3.63) is 76.2 Å². The van der Waals surface area contributed by atoms with Crippen LogP contribution in [-0.4, -0.2) is 33.1 Å². The van der Waals surface area contributed by atoms with E-state index in [0.29, 0.717) is 34.0 Å². The Bertz CT molecular complexity index is 1470. The fraction of sp³-hybridized carbons (Fsp3) is 0.231. The minimum atomic E-state index is -0.239. The summed E-state index contributed by atoms with van der Waals surface area (Å²) in [4.78, 5) is 36.9. The summed E-state index contributed by atoms with van der Waals surface area (Å²) in [6.45, 7) is 3.30. The lowest BCUT2D eigenvalue weighted by Crippen LogP contribution is -2.26. The van der Waals surface area contributed by atoms with E-state index in [2.05, 4.69) is 15.7 Å². The number of nitrogens with zero attached hydrogens (tertiary/aromatic N) is 3. The third-order valence-corrected chi connectivity index (χ3v) is 5.88. The lowest BCUT2D eigenvalue weighted by molar-refractivity contribution is -0.116. The number of anilines is 2. The van der Waals surface area contributed by atoms with Gasteiger partial charge in [0.2, 0.25) is 11.8 Å². The maximum atomic E-state index is 13.3. The molecule has 2 aromatic heterocycles. The van der Waals surface area contributed by atoms with Crippen molar-refractivity contribution < 1.29 is 14.3 Å². The second-order valence-electron chi connectivity index (χ2n) is 8.27. The molecule has 4 rings (SSSR count). The van der Waals surface area contributed by atoms with Crippen molar-refractivity contribution in [2.24, 2.45) is 7.05 Å². The molecule has 9 nitrogen and oxygen atoms in total. The number of hydrogen-bond acceptors (Lipinski definition) is 5. The van der Waals surface area contributed by atoms with Crippen molar-refractivity contribution >= 4 is 28.8 Å². The minimum Gasteiger partial charge on any atom is -0.497 e. The van der Waals surface area contributed by atoms with Crippen LogP contribution in [0.15, 0.2) is 59.4 Å². The van der Waals surface area contributed by atoms with Crippen LogP contribution in [0.1, 0.15) is 24.6 Å². The van der Waals surface area contributed by atoms with Gasteiger partial charge in [0.05, 0.1) is 12.8 Å². The number of rotatable bonds is 7. The van der Waals surface area contributed by atoms with Gasteiger partial charge in [-0.2, -0.15) is 9.61 Å². The Morgan fingerprint density at radius 2 is 1.71 bits per heavy atom. The van der Waals surface area contributed by atoms with Crippen LogP contribution in [0.5, 0.6) is 5.75 Å². The van der Waals surface area contributed by atoms with Crippen LogP contribution in [0.25, 0.3) is 16.9 Å². The molecule has 2 heterocycles. The van der Waals surface area contributed by atoms with Crippen LogP contribution in [0.3, 0.4) is 0 Å². The first kappa shape index (κ1) is 23.7. The molecule has 35 heavy (non-hydrogen) atoms. The van der Waals surface area contributed by atoms with E-state index in [9.17, 15) is 14.4 Å². The van der Waals surface area contributed by atoms with Gasteiger partial charge in [-0.1, -0.05) is 12.1 Å². The first-order valence-electron chi connectivity index (χ1n) is 11.2. The number of aromatic nitrogens is 3. The highest BCUT2D eigenvalue weighted by molar-refractivity contribution is 5.92. The van der Waals surface area contributed by atoms with Gasteiger partial charge in [-0.3, -0.25) is 14.4 Å². The molecule has 0 unspecified atom stereocenters. The van der Waals surface area contributed by atoms with Crippen LogP contribution in [0.2, 0.25) is 0 Å². The highest BCUT2D eigenvalue weighted by atomic mass is 16.5. The number of amides is 2. The summed E-state index contributed by atoms with van der Waals surface area (Å²) in [7, 11) is 3.48. The van der Waals surface area contributed by atoms with Crippen molar-refractivity contribution in [1.29, 1.82) is 0 Å². The third-order valence-electron chi connectivity index (χ3n) is 5.88. The molecule has 2 N–H and O–H groups in total. The summed E-state index contributed by atoms with van der Waals surface area (Å²) in [5.74, 6) is 0.332. The number of methoxy groups -OCH3 is 1. The highest BCUT2D eigenvalue weighted by Crippen LogP contribution is 2.24. The maximum Gasteiger partial charge on any atom is 0.277 e. The summed E-state index contributed by atoms with van der Waals surface area (Å²) in [6.07, 6.45) is 0.414. The average molecular weight is 474 g/mol. The van der Waals surface area contributed by atoms with Crippen LogP contribution >= 0.6 is 0 Å². The summed E-state index contributed by atoms with van der Waals surface area (Å²) < 4.78 is 8.59. The molecule has 0 aliphatic heterocycles. The minimum absolute atomic E-state index is 0.138. The summed E-state index contributed by atoms with van der Waals surface area (Å²) in [5.41, 5.74) is 4.51. The van der Waals surface area contributed by atoms with Crippen molar-refractivity contribution in [2.45, 2.75) is 26.7 Å². The van der Waals surface area contributed by atoms with Crippen molar-refractivity contribution in [3.8, 4) is 17.0 Å². The van der Waals surface area contributed by atoms with Gasteiger partial charge in [-0.15, -0.1) is 0 Å². The normalized spacial score (nSPS) is 10.9. The standard InChI is InChI=1S/C26H27N5O4/c1-16-22(12-13-24(33)28-20-10-8-19(9-11-20)27-17(2)32)26(34)31-25(30(16)3)15-23(29-31)18-6-5-7-21(14-18)35-4/h5-11,14-15H,12-13H2,1-4H3,(H,27,32)(H,28,33). The van der Waals surface area contributed by atoms with Gasteiger partial charge in [-0.05, 0) is 49.7 Å². The average Bonchev–Trinajstić information content (AvgIpc) is 3.30. The maximum absolute atomic E-state index is 13.3. The molecular formula is C26H27N5O4. The van der Waals surface area contributed by atoms with Gasteiger partial charge in [0, 0.05) is 54.7 Å². The second-order valence-corrected chi connectivity index (χ2v) is 8.27. The van der Waals surface area contributed by atoms with E-state index < -0.39 is 0 Å². The van der Waals surface area contributed by atoms with Crippen LogP contribution < -0.4 is 20.9 Å². The van der Waals surface area contributed by atoms with Gasteiger partial charge >= 0.3 is 0 Å². The van der Waals surface area contributed by atoms with Crippen molar-refractivity contribution in [1.82, 2.24) is 14.2 Å². The molecule has 0 saturated heterocycles. The van der Waals surface area contributed by atoms with Gasteiger partial charge in [0.1, 0.15) is 11.4 Å². The summed E-state index contributed by atoms with van der Waals surface area (Å²) in [6, 6.07) is 16.2. The molecule has 0 aliphatic carbocycles. The number of carbonyl (C=O) groups is 2. The smallest absolute Gasteiger partial charge is 0.277 e. The van der Waals surface area contributed by atoms with Crippen LogP contribution in [-0.2, 0) is 23.1 Å². The second kappa shape index (κ2) is 9.84. The number of ether oxygens (including phenoxy) is 1. The quantitative estimate of drug-likeness (QED) is 0.427. The van der Waals surface area contributed by atoms with Crippen LogP contribution in [0, 0.1) is 6.92 Å². The molecule has 2 amide bonds. The number of nitrogens with one attached hydrogen (secondary N) is 2. The largest absolute Gasteiger partial charge is 0.497 e. The molecular weight excluding hydrogens is 446 g/mol. The molecule has 180 valence electrons. The Balaban J connectivity index is 1.53. The van der Waals surface area contributed by atoms with Gasteiger partial charge < -0.3 is 19.9 Å². The zero-order valence-electron chi connectivity index (χ0n) is 20.1. The van der Waals surface area contributed by atoms with Crippen molar-refractivity contribution in [2.75, 3.05) is 17.7 Å². The monoisotopic (exact) mass is 473 g/mol. The van der Waals surface area contributed by atoms with E-state index in [4.69, 9.17) is 4.74 Å². The molecule has 2 aromatic carbocycles. The number of hydrogen-bond donors (Lipinski definition) is 2. The van der Waals surface area contributed by atoms with E-state index in [1.165, 1.54) is 11.4 Å². The Labute approximate surface area is 202 Å². The van der Waals surface area contributed by atoms with Gasteiger partial charge in [-0.25, -0.2) is 0 Å². The van der Waals surface area contributed by atoms with E-state index in [1.54, 1.807) is 31.4 Å². The lowest BCUT2D eigenvalue weighted by Gasteiger charge is -2.12. The van der Waals surface area contributed by atoms with Gasteiger partial charge in [0.25, 0.3) is 5.56 Å². The first-order valence-corrected chi connectivity index (χ1v) is 11.2. The highest BCUT2D eigenvalue weighted by Gasteiger charge is 2.17. The Kier molecular flexibility index (Phi) is 6.68. The predicted octanol–water partition coefficient (Wildman–Crippen LogP) is 3.55. The molecule has 0 spiro atoms. The fourth-order valence-corrected chi connectivity index (χ4v) is 3.93. The number of aryl methyl sites for hydroxylation is 1. The number of benzene rings is 2. The molecule has 0 radical (unpaired) electrons. The molecule has 9 heteroatoms. The fourth-order valence-electron chi connectivity index (χ4n) is 3.93. The third kappa shape index (κ3) is 5.08. The topological polar surface area (TPSA) is 107 Å². The summed E-state index contributed by atoms with van der Waals surface area (Å²) >= 11 is 0. The van der Waals surface area contributed by atoms with E-state index in [0.717, 1.165) is 11.3 Å². The van der Waals surface area contributed by atoms with E-state index in [-0.39, 0.29) is 30.2 Å².